The highest BCUT2D eigenvalue weighted by atomic mass is 32.1. The molecular formula is C58H39NS. The van der Waals surface area contributed by atoms with E-state index < -0.39 is 0 Å². The van der Waals surface area contributed by atoms with Gasteiger partial charge in [0.25, 0.3) is 0 Å². The minimum atomic E-state index is 1.09. The maximum absolute atomic E-state index is 2.40. The van der Waals surface area contributed by atoms with Crippen LogP contribution in [0.3, 0.4) is 0 Å². The minimum Gasteiger partial charge on any atom is -0.310 e. The van der Waals surface area contributed by atoms with E-state index in [-0.39, 0.29) is 0 Å². The number of anilines is 3. The number of rotatable bonds is 8. The molecule has 0 N–H and O–H groups in total. The lowest BCUT2D eigenvalue weighted by atomic mass is 9.96. The van der Waals surface area contributed by atoms with Gasteiger partial charge in [0.15, 0.2) is 0 Å². The Morgan fingerprint density at radius 3 is 1.50 bits per heavy atom. The molecule has 10 aromatic carbocycles. The van der Waals surface area contributed by atoms with E-state index in [4.69, 9.17) is 0 Å². The Labute approximate surface area is 354 Å². The predicted molar refractivity (Wildman–Crippen MR) is 259 cm³/mol. The van der Waals surface area contributed by atoms with Crippen molar-refractivity contribution in [2.45, 2.75) is 0 Å². The van der Waals surface area contributed by atoms with Crippen molar-refractivity contribution in [2.75, 3.05) is 4.90 Å². The molecule has 0 spiro atoms. The van der Waals surface area contributed by atoms with Crippen LogP contribution in [0.15, 0.2) is 237 Å². The number of hydrogen-bond acceptors (Lipinski definition) is 2. The number of benzene rings is 10. The zero-order valence-corrected chi connectivity index (χ0v) is 33.7. The Bertz CT molecular complexity index is 3310. The first kappa shape index (κ1) is 35.6. The molecule has 2 heteroatoms. The van der Waals surface area contributed by atoms with Crippen LogP contribution in [0.5, 0.6) is 0 Å². The minimum absolute atomic E-state index is 1.09. The van der Waals surface area contributed by atoms with Gasteiger partial charge in [-0.2, -0.15) is 0 Å². The summed E-state index contributed by atoms with van der Waals surface area (Å²) in [6, 6.07) is 86.2. The smallest absolute Gasteiger partial charge is 0.0540 e. The van der Waals surface area contributed by atoms with Crippen molar-refractivity contribution in [2.24, 2.45) is 0 Å². The average molecular weight is 782 g/mol. The summed E-state index contributed by atoms with van der Waals surface area (Å²) in [5.74, 6) is 0. The maximum atomic E-state index is 2.40. The lowest BCUT2D eigenvalue weighted by Gasteiger charge is -2.28. The molecule has 11 rings (SSSR count). The van der Waals surface area contributed by atoms with E-state index in [0.29, 0.717) is 0 Å². The first-order chi connectivity index (χ1) is 29.7. The van der Waals surface area contributed by atoms with Crippen molar-refractivity contribution in [1.29, 1.82) is 0 Å². The van der Waals surface area contributed by atoms with Crippen molar-refractivity contribution in [1.82, 2.24) is 0 Å². The van der Waals surface area contributed by atoms with E-state index in [1.54, 1.807) is 0 Å². The molecule has 11 aromatic rings. The molecule has 282 valence electrons. The predicted octanol–water partition coefficient (Wildman–Crippen LogP) is 17.0. The van der Waals surface area contributed by atoms with E-state index >= 15 is 0 Å². The van der Waals surface area contributed by atoms with Gasteiger partial charge in [-0.25, -0.2) is 0 Å². The van der Waals surface area contributed by atoms with Gasteiger partial charge in [0.1, 0.15) is 0 Å². The lowest BCUT2D eigenvalue weighted by Crippen LogP contribution is -2.11. The van der Waals surface area contributed by atoms with Crippen LogP contribution in [-0.4, -0.2) is 0 Å². The number of fused-ring (bicyclic) bond motifs is 4. The van der Waals surface area contributed by atoms with Gasteiger partial charge in [-0.3, -0.25) is 0 Å². The highest BCUT2D eigenvalue weighted by Gasteiger charge is 2.18. The summed E-state index contributed by atoms with van der Waals surface area (Å²) in [6.07, 6.45) is 0. The molecular weight excluding hydrogens is 743 g/mol. The first-order valence-corrected chi connectivity index (χ1v) is 21.3. The summed E-state index contributed by atoms with van der Waals surface area (Å²) < 4.78 is 2.65. The zero-order valence-electron chi connectivity index (χ0n) is 32.9. The molecule has 1 heterocycles. The SMILES string of the molecule is c1ccc(-c2cccc(-c3ccccc3N(c3ccc(-c4cccc(-c5ccc6ccccc6c5)c4)cc3)c3ccc(-c4ccc5sc6ccccc6c5c4)cc3)c2)cc1. The lowest BCUT2D eigenvalue weighted by molar-refractivity contribution is 1.28. The summed E-state index contributed by atoms with van der Waals surface area (Å²) in [5.41, 5.74) is 15.3. The van der Waals surface area contributed by atoms with Gasteiger partial charge >= 0.3 is 0 Å². The summed E-state index contributed by atoms with van der Waals surface area (Å²) in [4.78, 5) is 2.40. The largest absolute Gasteiger partial charge is 0.310 e. The highest BCUT2D eigenvalue weighted by Crippen LogP contribution is 2.43. The third kappa shape index (κ3) is 6.73. The van der Waals surface area contributed by atoms with Gasteiger partial charge in [-0.05, 0) is 128 Å². The van der Waals surface area contributed by atoms with Gasteiger partial charge in [-0.1, -0.05) is 170 Å². The summed E-state index contributed by atoms with van der Waals surface area (Å²) in [5, 5.41) is 5.14. The molecule has 0 fully saturated rings. The van der Waals surface area contributed by atoms with Crippen LogP contribution in [-0.2, 0) is 0 Å². The molecule has 0 aliphatic carbocycles. The van der Waals surface area contributed by atoms with Gasteiger partial charge < -0.3 is 4.90 Å². The number of para-hydroxylation sites is 1. The molecule has 1 nitrogen and oxygen atoms in total. The fourth-order valence-corrected chi connectivity index (χ4v) is 9.68. The van der Waals surface area contributed by atoms with E-state index in [1.807, 2.05) is 11.3 Å². The van der Waals surface area contributed by atoms with E-state index in [0.717, 1.165) is 17.1 Å². The molecule has 0 saturated carbocycles. The van der Waals surface area contributed by atoms with Crippen LogP contribution < -0.4 is 4.90 Å². The number of thiophene rings is 1. The molecule has 60 heavy (non-hydrogen) atoms. The normalized spacial score (nSPS) is 11.3. The third-order valence-electron chi connectivity index (χ3n) is 11.7. The van der Waals surface area contributed by atoms with Crippen LogP contribution in [0.1, 0.15) is 0 Å². The molecule has 0 amide bonds. The number of nitrogens with zero attached hydrogens (tertiary/aromatic N) is 1. The fraction of sp³-hybridized carbons (Fsp3) is 0. The van der Waals surface area contributed by atoms with Gasteiger partial charge in [0, 0.05) is 37.1 Å². The van der Waals surface area contributed by atoms with Crippen LogP contribution in [0.2, 0.25) is 0 Å². The summed E-state index contributed by atoms with van der Waals surface area (Å²) >= 11 is 1.86. The Kier molecular flexibility index (Phi) is 9.11. The Morgan fingerprint density at radius 2 is 0.750 bits per heavy atom. The number of hydrogen-bond donors (Lipinski definition) is 0. The second-order valence-corrected chi connectivity index (χ2v) is 16.4. The Morgan fingerprint density at radius 1 is 0.267 bits per heavy atom. The molecule has 0 bridgehead atoms. The molecule has 1 aromatic heterocycles. The average Bonchev–Trinajstić information content (AvgIpc) is 3.71. The second kappa shape index (κ2) is 15.3. The maximum Gasteiger partial charge on any atom is 0.0540 e. The van der Waals surface area contributed by atoms with Crippen LogP contribution in [0.4, 0.5) is 17.1 Å². The fourth-order valence-electron chi connectivity index (χ4n) is 8.60. The van der Waals surface area contributed by atoms with Crippen LogP contribution in [0, 0.1) is 0 Å². The topological polar surface area (TPSA) is 3.24 Å². The first-order valence-electron chi connectivity index (χ1n) is 20.5. The highest BCUT2D eigenvalue weighted by molar-refractivity contribution is 7.25. The molecule has 0 aliphatic rings. The van der Waals surface area contributed by atoms with Crippen LogP contribution in [0.25, 0.3) is 86.6 Å². The molecule has 0 saturated heterocycles. The van der Waals surface area contributed by atoms with E-state index in [2.05, 4.69) is 241 Å². The van der Waals surface area contributed by atoms with Crippen molar-refractivity contribution in [3.63, 3.8) is 0 Å². The van der Waals surface area contributed by atoms with Crippen molar-refractivity contribution in [3.05, 3.63) is 237 Å². The van der Waals surface area contributed by atoms with Gasteiger partial charge in [-0.15, -0.1) is 11.3 Å². The molecule has 0 aliphatic heterocycles. The van der Waals surface area contributed by atoms with Gasteiger partial charge in [0.2, 0.25) is 0 Å². The zero-order chi connectivity index (χ0) is 39.8. The second-order valence-electron chi connectivity index (χ2n) is 15.3. The van der Waals surface area contributed by atoms with E-state index in [1.165, 1.54) is 86.6 Å². The molecule has 0 unspecified atom stereocenters. The summed E-state index contributed by atoms with van der Waals surface area (Å²) in [6.45, 7) is 0. The summed E-state index contributed by atoms with van der Waals surface area (Å²) in [7, 11) is 0. The van der Waals surface area contributed by atoms with Gasteiger partial charge in [0.05, 0.1) is 5.69 Å². The standard InChI is InChI=1S/C58H39NS/c1-2-12-40(13-3-1)46-17-11-19-50(38-46)53-20-6-8-22-56(53)59(52-33-28-43(29-34-52)49-30-35-58-55(39-49)54-21-7-9-23-57(54)60-58)51-31-26-42(27-32-51)45-16-10-18-47(36-45)48-25-24-41-14-4-5-15-44(41)37-48/h1-39H. The van der Waals surface area contributed by atoms with Crippen molar-refractivity contribution in [3.8, 4) is 55.6 Å². The Balaban J connectivity index is 0.991. The van der Waals surface area contributed by atoms with Crippen LogP contribution >= 0.6 is 11.3 Å². The molecule has 0 atom stereocenters. The van der Waals surface area contributed by atoms with Crippen molar-refractivity contribution >= 4 is 59.3 Å². The van der Waals surface area contributed by atoms with Crippen molar-refractivity contribution < 1.29 is 0 Å². The molecule has 0 radical (unpaired) electrons. The third-order valence-corrected chi connectivity index (χ3v) is 12.8. The quantitative estimate of drug-likeness (QED) is 0.148. The Hall–Kier alpha value is -7.52. The monoisotopic (exact) mass is 781 g/mol. The van der Waals surface area contributed by atoms with E-state index in [9.17, 15) is 0 Å².